The van der Waals surface area contributed by atoms with E-state index in [1.165, 1.54) is 4.88 Å². The first-order chi connectivity index (χ1) is 8.65. The van der Waals surface area contributed by atoms with Crippen LogP contribution in [0, 0.1) is 0 Å². The summed E-state index contributed by atoms with van der Waals surface area (Å²) >= 11 is 5.10. The van der Waals surface area contributed by atoms with Crippen molar-refractivity contribution >= 4 is 33.2 Å². The van der Waals surface area contributed by atoms with E-state index >= 15 is 0 Å². The quantitative estimate of drug-likeness (QED) is 0.900. The number of rotatable bonds is 5. The summed E-state index contributed by atoms with van der Waals surface area (Å²) in [5, 5.41) is 5.07. The van der Waals surface area contributed by atoms with Crippen molar-refractivity contribution in [2.45, 2.75) is 44.8 Å². The first kappa shape index (κ1) is 14.0. The molecule has 1 aliphatic heterocycles. The largest absolute Gasteiger partial charge is 0.376 e. The number of amides is 1. The van der Waals surface area contributed by atoms with E-state index in [0.29, 0.717) is 6.42 Å². The summed E-state index contributed by atoms with van der Waals surface area (Å²) in [6, 6.07) is 2.19. The van der Waals surface area contributed by atoms with Gasteiger partial charge in [-0.05, 0) is 48.2 Å². The summed E-state index contributed by atoms with van der Waals surface area (Å²) in [4.78, 5) is 13.1. The second-order valence-corrected chi connectivity index (χ2v) is 6.55. The maximum atomic E-state index is 11.8. The fourth-order valence-corrected chi connectivity index (χ4v) is 3.59. The van der Waals surface area contributed by atoms with Crippen molar-refractivity contribution in [3.8, 4) is 0 Å². The molecule has 18 heavy (non-hydrogen) atoms. The molecule has 100 valence electrons. The maximum Gasteiger partial charge on any atom is 0.220 e. The third kappa shape index (κ3) is 4.07. The van der Waals surface area contributed by atoms with Gasteiger partial charge in [0.1, 0.15) is 0 Å². The van der Waals surface area contributed by atoms with E-state index in [0.717, 1.165) is 30.3 Å². The van der Waals surface area contributed by atoms with Gasteiger partial charge in [0.25, 0.3) is 0 Å². The Morgan fingerprint density at radius 1 is 1.72 bits per heavy atom. The normalized spacial score (nSPS) is 20.9. The fourth-order valence-electron chi connectivity index (χ4n) is 2.14. The van der Waals surface area contributed by atoms with E-state index in [4.69, 9.17) is 4.74 Å². The van der Waals surface area contributed by atoms with Crippen LogP contribution in [0.15, 0.2) is 15.9 Å². The minimum absolute atomic E-state index is 0.113. The predicted molar refractivity (Wildman–Crippen MR) is 76.9 cm³/mol. The van der Waals surface area contributed by atoms with Gasteiger partial charge in [0.05, 0.1) is 12.1 Å². The fraction of sp³-hybridized carbons (Fsp3) is 0.615. The minimum Gasteiger partial charge on any atom is -0.376 e. The molecule has 0 aromatic carbocycles. The molecule has 0 unspecified atom stereocenters. The molecular weight excluding hydrogens is 314 g/mol. The molecule has 1 aromatic heterocycles. The lowest BCUT2D eigenvalue weighted by molar-refractivity contribution is -0.122. The molecule has 1 N–H and O–H groups in total. The lowest BCUT2D eigenvalue weighted by atomic mass is 10.1. The molecule has 0 spiro atoms. The highest BCUT2D eigenvalue weighted by atomic mass is 79.9. The molecule has 0 bridgehead atoms. The predicted octanol–water partition coefficient (Wildman–Crippen LogP) is 3.13. The van der Waals surface area contributed by atoms with E-state index in [1.54, 1.807) is 11.3 Å². The van der Waals surface area contributed by atoms with Gasteiger partial charge in [-0.3, -0.25) is 4.79 Å². The zero-order valence-electron chi connectivity index (χ0n) is 10.4. The van der Waals surface area contributed by atoms with Gasteiger partial charge in [0.15, 0.2) is 0 Å². The van der Waals surface area contributed by atoms with Gasteiger partial charge >= 0.3 is 0 Å². The minimum atomic E-state index is 0.113. The van der Waals surface area contributed by atoms with E-state index in [9.17, 15) is 4.79 Å². The van der Waals surface area contributed by atoms with Gasteiger partial charge in [-0.15, -0.1) is 11.3 Å². The highest BCUT2D eigenvalue weighted by molar-refractivity contribution is 9.10. The Balaban J connectivity index is 1.71. The Morgan fingerprint density at radius 3 is 3.17 bits per heavy atom. The molecule has 2 atom stereocenters. The van der Waals surface area contributed by atoms with E-state index in [2.05, 4.69) is 27.3 Å². The molecule has 1 aliphatic rings. The second kappa shape index (κ2) is 6.68. The summed E-state index contributed by atoms with van der Waals surface area (Å²) in [6.07, 6.45) is 3.71. The van der Waals surface area contributed by atoms with Crippen LogP contribution >= 0.6 is 27.3 Å². The van der Waals surface area contributed by atoms with Gasteiger partial charge < -0.3 is 10.1 Å². The third-order valence-electron chi connectivity index (χ3n) is 3.13. The number of carbonyl (C=O) groups is 1. The van der Waals surface area contributed by atoms with Crippen molar-refractivity contribution in [3.05, 3.63) is 20.8 Å². The Labute approximate surface area is 120 Å². The van der Waals surface area contributed by atoms with Crippen LogP contribution in [0.5, 0.6) is 0 Å². The van der Waals surface area contributed by atoms with Crippen LogP contribution in [0.3, 0.4) is 0 Å². The van der Waals surface area contributed by atoms with Gasteiger partial charge in [-0.2, -0.15) is 0 Å². The van der Waals surface area contributed by atoms with Crippen molar-refractivity contribution in [2.24, 2.45) is 0 Å². The van der Waals surface area contributed by atoms with Gasteiger partial charge in [0, 0.05) is 27.8 Å². The van der Waals surface area contributed by atoms with Crippen LogP contribution in [0.25, 0.3) is 0 Å². The number of halogens is 1. The van der Waals surface area contributed by atoms with Gasteiger partial charge in [0.2, 0.25) is 5.91 Å². The van der Waals surface area contributed by atoms with Crippen molar-refractivity contribution in [1.29, 1.82) is 0 Å². The Morgan fingerprint density at radius 2 is 2.56 bits per heavy atom. The highest BCUT2D eigenvalue weighted by Crippen LogP contribution is 2.21. The molecule has 2 rings (SSSR count). The zero-order chi connectivity index (χ0) is 13.0. The summed E-state index contributed by atoms with van der Waals surface area (Å²) < 4.78 is 6.66. The Bertz CT molecular complexity index is 401. The number of hydrogen-bond donors (Lipinski definition) is 1. The number of nitrogens with one attached hydrogen (secondary N) is 1. The molecule has 5 heteroatoms. The Kier molecular flexibility index (Phi) is 5.21. The highest BCUT2D eigenvalue weighted by Gasteiger charge is 2.23. The van der Waals surface area contributed by atoms with Gasteiger partial charge in [-0.25, -0.2) is 0 Å². The summed E-state index contributed by atoms with van der Waals surface area (Å²) in [5.74, 6) is 0.113. The molecule has 3 nitrogen and oxygen atoms in total. The SMILES string of the molecule is C[C@H](NC(=O)CCc1cc(Br)cs1)[C@H]1CCCO1. The average molecular weight is 332 g/mol. The average Bonchev–Trinajstić information content (AvgIpc) is 2.97. The molecule has 0 aliphatic carbocycles. The number of aryl methyl sites for hydroxylation is 1. The van der Waals surface area contributed by atoms with Crippen molar-refractivity contribution < 1.29 is 9.53 Å². The van der Waals surface area contributed by atoms with Crippen LogP contribution in [-0.2, 0) is 16.0 Å². The molecule has 1 fully saturated rings. The van der Waals surface area contributed by atoms with Gasteiger partial charge in [-0.1, -0.05) is 0 Å². The van der Waals surface area contributed by atoms with Crippen LogP contribution in [0.4, 0.5) is 0 Å². The molecular formula is C13H18BrNO2S. The molecule has 0 radical (unpaired) electrons. The zero-order valence-corrected chi connectivity index (χ0v) is 12.9. The molecule has 2 heterocycles. The van der Waals surface area contributed by atoms with Crippen molar-refractivity contribution in [3.63, 3.8) is 0 Å². The second-order valence-electron chi connectivity index (χ2n) is 4.64. The molecule has 1 amide bonds. The standard InChI is InChI=1S/C13H18BrNO2S/c1-9(12-3-2-6-17-12)15-13(16)5-4-11-7-10(14)8-18-11/h7-9,12H,2-6H2,1H3,(H,15,16)/t9-,12+/m0/s1. The van der Waals surface area contributed by atoms with E-state index in [1.807, 2.05) is 12.3 Å². The van der Waals surface area contributed by atoms with Crippen LogP contribution in [0.1, 0.15) is 31.1 Å². The maximum absolute atomic E-state index is 11.8. The topological polar surface area (TPSA) is 38.3 Å². The molecule has 0 saturated carbocycles. The first-order valence-corrected chi connectivity index (χ1v) is 7.96. The van der Waals surface area contributed by atoms with Crippen molar-refractivity contribution in [1.82, 2.24) is 5.32 Å². The Hall–Kier alpha value is -0.390. The van der Waals surface area contributed by atoms with Crippen LogP contribution < -0.4 is 5.32 Å². The van der Waals surface area contributed by atoms with Crippen LogP contribution in [-0.4, -0.2) is 24.7 Å². The number of thiophene rings is 1. The van der Waals surface area contributed by atoms with E-state index < -0.39 is 0 Å². The summed E-state index contributed by atoms with van der Waals surface area (Å²) in [6.45, 7) is 2.85. The molecule has 1 saturated heterocycles. The summed E-state index contributed by atoms with van der Waals surface area (Å²) in [5.41, 5.74) is 0. The third-order valence-corrected chi connectivity index (χ3v) is 4.89. The monoisotopic (exact) mass is 331 g/mol. The molecule has 1 aromatic rings. The number of ether oxygens (including phenoxy) is 1. The number of carbonyl (C=O) groups excluding carboxylic acids is 1. The first-order valence-electron chi connectivity index (χ1n) is 6.29. The van der Waals surface area contributed by atoms with Crippen molar-refractivity contribution in [2.75, 3.05) is 6.61 Å². The number of hydrogen-bond acceptors (Lipinski definition) is 3. The summed E-state index contributed by atoms with van der Waals surface area (Å²) in [7, 11) is 0. The smallest absolute Gasteiger partial charge is 0.220 e. The van der Waals surface area contributed by atoms with E-state index in [-0.39, 0.29) is 18.1 Å². The lowest BCUT2D eigenvalue weighted by Gasteiger charge is -2.19. The van der Waals surface area contributed by atoms with Crippen LogP contribution in [0.2, 0.25) is 0 Å². The lowest BCUT2D eigenvalue weighted by Crippen LogP contribution is -2.40.